The van der Waals surface area contributed by atoms with Gasteiger partial charge in [0.15, 0.2) is 0 Å². The molecule has 0 aromatic carbocycles. The van der Waals surface area contributed by atoms with Crippen molar-refractivity contribution in [2.75, 3.05) is 26.3 Å². The molecule has 4 aliphatic rings. The number of morpholine rings is 2. The van der Waals surface area contributed by atoms with Gasteiger partial charge < -0.3 is 9.47 Å². The van der Waals surface area contributed by atoms with Gasteiger partial charge in [-0.05, 0) is 66.2 Å². The molecule has 0 radical (unpaired) electrons. The molecule has 4 bridgehead atoms. The van der Waals surface area contributed by atoms with E-state index >= 15 is 0 Å². The average Bonchev–Trinajstić information content (AvgIpc) is 2.91. The SMILES string of the molecule is CC(C)(C)N1CC2CC(CC(C)(C)N3C4CCC3COC4)C(C1)O2. The van der Waals surface area contributed by atoms with E-state index < -0.39 is 0 Å². The van der Waals surface area contributed by atoms with Gasteiger partial charge in [-0.2, -0.15) is 0 Å². The first-order chi connectivity index (χ1) is 11.2. The number of rotatable bonds is 3. The van der Waals surface area contributed by atoms with Crippen LogP contribution in [-0.2, 0) is 9.47 Å². The Balaban J connectivity index is 1.44. The van der Waals surface area contributed by atoms with E-state index in [1.165, 1.54) is 25.7 Å². The Morgan fingerprint density at radius 2 is 1.62 bits per heavy atom. The molecule has 0 saturated carbocycles. The highest BCUT2D eigenvalue weighted by Gasteiger charge is 2.49. The molecule has 5 unspecified atom stereocenters. The molecule has 5 atom stereocenters. The third-order valence-electron chi connectivity index (χ3n) is 6.93. The maximum Gasteiger partial charge on any atom is 0.0736 e. The van der Waals surface area contributed by atoms with Gasteiger partial charge in [-0.15, -0.1) is 0 Å². The number of hydrogen-bond acceptors (Lipinski definition) is 4. The minimum absolute atomic E-state index is 0.258. The van der Waals surface area contributed by atoms with Crippen LogP contribution >= 0.6 is 0 Å². The highest BCUT2D eigenvalue weighted by atomic mass is 16.5. The fraction of sp³-hybridized carbons (Fsp3) is 1.00. The lowest BCUT2D eigenvalue weighted by Gasteiger charge is -2.47. The van der Waals surface area contributed by atoms with E-state index in [1.54, 1.807) is 0 Å². The summed E-state index contributed by atoms with van der Waals surface area (Å²) in [5.74, 6) is 0.708. The van der Waals surface area contributed by atoms with E-state index in [9.17, 15) is 0 Å². The van der Waals surface area contributed by atoms with E-state index in [2.05, 4.69) is 44.4 Å². The van der Waals surface area contributed by atoms with Crippen molar-refractivity contribution in [3.8, 4) is 0 Å². The van der Waals surface area contributed by atoms with E-state index in [1.807, 2.05) is 0 Å². The van der Waals surface area contributed by atoms with Crippen LogP contribution in [0.3, 0.4) is 0 Å². The van der Waals surface area contributed by atoms with Crippen molar-refractivity contribution < 1.29 is 9.47 Å². The van der Waals surface area contributed by atoms with Crippen LogP contribution in [-0.4, -0.2) is 71.5 Å². The Hall–Kier alpha value is -0.160. The standard InChI is InChI=1S/C20H36N2O2/c1-19(2,3)21-10-17-8-14(18(11-21)24-17)9-20(4,5)22-15-6-7-16(22)13-23-12-15/h14-18H,6-13H2,1-5H3. The molecule has 138 valence electrons. The Kier molecular flexibility index (Phi) is 4.27. The van der Waals surface area contributed by atoms with E-state index in [4.69, 9.17) is 9.47 Å². The Morgan fingerprint density at radius 1 is 0.958 bits per heavy atom. The van der Waals surface area contributed by atoms with Gasteiger partial charge in [0.05, 0.1) is 25.4 Å². The number of likely N-dealkylation sites (tertiary alicyclic amines) is 1. The molecule has 0 spiro atoms. The van der Waals surface area contributed by atoms with Crippen molar-refractivity contribution in [3.63, 3.8) is 0 Å². The third kappa shape index (κ3) is 3.04. The summed E-state index contributed by atoms with van der Waals surface area (Å²) >= 11 is 0. The zero-order valence-corrected chi connectivity index (χ0v) is 16.3. The minimum Gasteiger partial charge on any atom is -0.378 e. The van der Waals surface area contributed by atoms with Gasteiger partial charge in [0.1, 0.15) is 0 Å². The quantitative estimate of drug-likeness (QED) is 0.791. The van der Waals surface area contributed by atoms with Crippen molar-refractivity contribution in [2.45, 2.75) is 95.7 Å². The molecule has 4 rings (SSSR count). The minimum atomic E-state index is 0.258. The van der Waals surface area contributed by atoms with Crippen LogP contribution in [0.15, 0.2) is 0 Å². The van der Waals surface area contributed by atoms with Crippen LogP contribution < -0.4 is 0 Å². The second-order valence-electron chi connectivity index (χ2n) is 10.2. The molecule has 4 heteroatoms. The van der Waals surface area contributed by atoms with Crippen molar-refractivity contribution in [2.24, 2.45) is 5.92 Å². The Bertz CT molecular complexity index is 457. The molecule has 4 aliphatic heterocycles. The molecule has 4 heterocycles. The summed E-state index contributed by atoms with van der Waals surface area (Å²) < 4.78 is 12.2. The second-order valence-corrected chi connectivity index (χ2v) is 10.2. The van der Waals surface area contributed by atoms with Crippen molar-refractivity contribution in [1.82, 2.24) is 9.80 Å². The summed E-state index contributed by atoms with van der Waals surface area (Å²) in [4.78, 5) is 5.44. The van der Waals surface area contributed by atoms with Gasteiger partial charge in [-0.3, -0.25) is 9.80 Å². The van der Waals surface area contributed by atoms with Gasteiger partial charge in [0.2, 0.25) is 0 Å². The molecular formula is C20H36N2O2. The highest BCUT2D eigenvalue weighted by Crippen LogP contribution is 2.43. The maximum absolute atomic E-state index is 6.35. The monoisotopic (exact) mass is 336 g/mol. The van der Waals surface area contributed by atoms with Crippen molar-refractivity contribution in [3.05, 3.63) is 0 Å². The number of nitrogens with zero attached hydrogens (tertiary/aromatic N) is 2. The fourth-order valence-electron chi connectivity index (χ4n) is 5.88. The predicted octanol–water partition coefficient (Wildman–Crippen LogP) is 2.91. The Morgan fingerprint density at radius 3 is 2.25 bits per heavy atom. The second kappa shape index (κ2) is 5.94. The number of hydrogen-bond donors (Lipinski definition) is 0. The molecule has 0 amide bonds. The molecule has 24 heavy (non-hydrogen) atoms. The van der Waals surface area contributed by atoms with Crippen LogP contribution in [0.5, 0.6) is 0 Å². The number of fused-ring (bicyclic) bond motifs is 4. The first-order valence-corrected chi connectivity index (χ1v) is 10.0. The van der Waals surface area contributed by atoms with E-state index in [-0.39, 0.29) is 11.1 Å². The Labute approximate surface area is 147 Å². The molecular weight excluding hydrogens is 300 g/mol. The van der Waals surface area contributed by atoms with Gasteiger partial charge in [0, 0.05) is 36.3 Å². The molecule has 0 aliphatic carbocycles. The predicted molar refractivity (Wildman–Crippen MR) is 96.3 cm³/mol. The molecule has 4 fully saturated rings. The highest BCUT2D eigenvalue weighted by molar-refractivity contribution is 5.02. The summed E-state index contributed by atoms with van der Waals surface area (Å²) in [6, 6.07) is 1.29. The third-order valence-corrected chi connectivity index (χ3v) is 6.93. The zero-order chi connectivity index (χ0) is 17.1. The van der Waals surface area contributed by atoms with Crippen molar-refractivity contribution >= 4 is 0 Å². The summed E-state index contributed by atoms with van der Waals surface area (Å²) in [6.45, 7) is 16.0. The first kappa shape index (κ1) is 17.3. The molecule has 0 N–H and O–H groups in total. The fourth-order valence-corrected chi connectivity index (χ4v) is 5.88. The molecule has 0 aromatic heterocycles. The van der Waals surface area contributed by atoms with Gasteiger partial charge in [-0.1, -0.05) is 0 Å². The molecule has 4 saturated heterocycles. The van der Waals surface area contributed by atoms with Crippen LogP contribution in [0.25, 0.3) is 0 Å². The van der Waals surface area contributed by atoms with E-state index in [0.717, 1.165) is 26.3 Å². The van der Waals surface area contributed by atoms with Crippen LogP contribution in [0.2, 0.25) is 0 Å². The summed E-state index contributed by atoms with van der Waals surface area (Å²) in [6.07, 6.45) is 6.03. The van der Waals surface area contributed by atoms with Crippen LogP contribution in [0.4, 0.5) is 0 Å². The maximum atomic E-state index is 6.35. The smallest absolute Gasteiger partial charge is 0.0736 e. The van der Waals surface area contributed by atoms with Gasteiger partial charge in [0.25, 0.3) is 0 Å². The van der Waals surface area contributed by atoms with Crippen LogP contribution in [0, 0.1) is 5.92 Å². The molecule has 0 aromatic rings. The van der Waals surface area contributed by atoms with Crippen LogP contribution in [0.1, 0.15) is 60.3 Å². The lowest BCUT2D eigenvalue weighted by Crippen LogP contribution is -2.57. The largest absolute Gasteiger partial charge is 0.378 e. The average molecular weight is 337 g/mol. The normalized spacial score (nSPS) is 41.1. The lowest BCUT2D eigenvalue weighted by atomic mass is 9.83. The van der Waals surface area contributed by atoms with Gasteiger partial charge >= 0.3 is 0 Å². The number of ether oxygens (including phenoxy) is 2. The van der Waals surface area contributed by atoms with Crippen molar-refractivity contribution in [1.29, 1.82) is 0 Å². The summed E-state index contributed by atoms with van der Waals surface area (Å²) in [5, 5.41) is 0. The van der Waals surface area contributed by atoms with E-state index in [0.29, 0.717) is 30.2 Å². The summed E-state index contributed by atoms with van der Waals surface area (Å²) in [5.41, 5.74) is 0.516. The topological polar surface area (TPSA) is 24.9 Å². The van der Waals surface area contributed by atoms with Gasteiger partial charge in [-0.25, -0.2) is 0 Å². The zero-order valence-electron chi connectivity index (χ0n) is 16.3. The summed E-state index contributed by atoms with van der Waals surface area (Å²) in [7, 11) is 0. The first-order valence-electron chi connectivity index (χ1n) is 10.0. The lowest BCUT2D eigenvalue weighted by molar-refractivity contribution is -0.0872. The molecule has 4 nitrogen and oxygen atoms in total.